The molecular formula is C21H16N2O4. The van der Waals surface area contributed by atoms with E-state index >= 15 is 0 Å². The van der Waals surface area contributed by atoms with Gasteiger partial charge >= 0.3 is 0 Å². The summed E-state index contributed by atoms with van der Waals surface area (Å²) in [6.45, 7) is 1.70. The largest absolute Gasteiger partial charge is 0.459 e. The van der Waals surface area contributed by atoms with E-state index in [4.69, 9.17) is 4.42 Å². The van der Waals surface area contributed by atoms with Crippen LogP contribution in [-0.2, 0) is 0 Å². The van der Waals surface area contributed by atoms with Crippen LogP contribution in [0.25, 0.3) is 0 Å². The summed E-state index contributed by atoms with van der Waals surface area (Å²) in [5, 5.41) is 0. The monoisotopic (exact) mass is 360 g/mol. The Morgan fingerprint density at radius 3 is 2.26 bits per heavy atom. The predicted molar refractivity (Wildman–Crippen MR) is 98.5 cm³/mol. The second-order valence-electron chi connectivity index (χ2n) is 6.27. The minimum Gasteiger partial charge on any atom is -0.459 e. The van der Waals surface area contributed by atoms with Crippen molar-refractivity contribution in [3.05, 3.63) is 89.4 Å². The first-order valence-corrected chi connectivity index (χ1v) is 8.43. The molecule has 1 aromatic heterocycles. The van der Waals surface area contributed by atoms with Gasteiger partial charge in [0, 0.05) is 5.69 Å². The van der Waals surface area contributed by atoms with Crippen LogP contribution in [0.2, 0.25) is 0 Å². The van der Waals surface area contributed by atoms with E-state index in [2.05, 4.69) is 0 Å². The average Bonchev–Trinajstić information content (AvgIpc) is 3.29. The third-order valence-corrected chi connectivity index (χ3v) is 4.45. The number of rotatable bonds is 4. The maximum absolute atomic E-state index is 13.0. The maximum atomic E-state index is 13.0. The summed E-state index contributed by atoms with van der Waals surface area (Å²) >= 11 is 0. The van der Waals surface area contributed by atoms with Crippen molar-refractivity contribution in [2.45, 2.75) is 6.92 Å². The summed E-state index contributed by atoms with van der Waals surface area (Å²) in [6, 6.07) is 17.1. The Hall–Kier alpha value is -3.67. The molecule has 0 bridgehead atoms. The van der Waals surface area contributed by atoms with Crippen molar-refractivity contribution in [1.29, 1.82) is 0 Å². The SMILES string of the molecule is Cc1cccc(N(CN2C(=O)c3ccccc3C2=O)C(=O)c2ccco2)c1. The molecule has 0 fully saturated rings. The van der Waals surface area contributed by atoms with Gasteiger partial charge in [-0.15, -0.1) is 0 Å². The number of hydrogen-bond donors (Lipinski definition) is 0. The summed E-state index contributed by atoms with van der Waals surface area (Å²) in [5.41, 5.74) is 2.22. The number of anilines is 1. The second-order valence-corrected chi connectivity index (χ2v) is 6.27. The number of imide groups is 1. The minimum absolute atomic E-state index is 0.133. The highest BCUT2D eigenvalue weighted by molar-refractivity contribution is 6.21. The van der Waals surface area contributed by atoms with Crippen LogP contribution in [0.5, 0.6) is 0 Å². The number of carbonyl (C=O) groups excluding carboxylic acids is 3. The van der Waals surface area contributed by atoms with Gasteiger partial charge in [0.2, 0.25) is 0 Å². The lowest BCUT2D eigenvalue weighted by atomic mass is 10.1. The van der Waals surface area contributed by atoms with Crippen molar-refractivity contribution in [3.8, 4) is 0 Å². The third-order valence-electron chi connectivity index (χ3n) is 4.45. The molecule has 0 radical (unpaired) electrons. The van der Waals surface area contributed by atoms with Gasteiger partial charge in [0.05, 0.1) is 17.4 Å². The van der Waals surface area contributed by atoms with Gasteiger partial charge in [0.25, 0.3) is 17.7 Å². The lowest BCUT2D eigenvalue weighted by Crippen LogP contribution is -2.44. The van der Waals surface area contributed by atoms with Crippen LogP contribution >= 0.6 is 0 Å². The first kappa shape index (κ1) is 16.8. The maximum Gasteiger partial charge on any atom is 0.295 e. The van der Waals surface area contributed by atoms with Crippen molar-refractivity contribution in [2.75, 3.05) is 11.6 Å². The van der Waals surface area contributed by atoms with Crippen molar-refractivity contribution < 1.29 is 18.8 Å². The van der Waals surface area contributed by atoms with E-state index in [9.17, 15) is 14.4 Å². The van der Waals surface area contributed by atoms with Gasteiger partial charge in [0.15, 0.2) is 5.76 Å². The van der Waals surface area contributed by atoms with E-state index in [0.717, 1.165) is 10.5 Å². The van der Waals surface area contributed by atoms with Crippen molar-refractivity contribution in [1.82, 2.24) is 4.90 Å². The highest BCUT2D eigenvalue weighted by Crippen LogP contribution is 2.26. The molecule has 3 aromatic rings. The van der Waals surface area contributed by atoms with E-state index in [0.29, 0.717) is 16.8 Å². The van der Waals surface area contributed by atoms with Crippen LogP contribution in [0.4, 0.5) is 5.69 Å². The normalized spacial score (nSPS) is 13.0. The molecule has 27 heavy (non-hydrogen) atoms. The first-order chi connectivity index (χ1) is 13.1. The predicted octanol–water partition coefficient (Wildman–Crippen LogP) is 3.49. The average molecular weight is 360 g/mol. The van der Waals surface area contributed by atoms with E-state index in [1.54, 1.807) is 42.5 Å². The number of hydrogen-bond acceptors (Lipinski definition) is 4. The molecule has 6 heteroatoms. The summed E-state index contributed by atoms with van der Waals surface area (Å²) in [6.07, 6.45) is 1.41. The Morgan fingerprint density at radius 2 is 1.67 bits per heavy atom. The van der Waals surface area contributed by atoms with Crippen LogP contribution < -0.4 is 4.90 Å². The fraction of sp³-hybridized carbons (Fsp3) is 0.0952. The lowest BCUT2D eigenvalue weighted by molar-refractivity contribution is 0.0649. The number of carbonyl (C=O) groups is 3. The molecule has 0 unspecified atom stereocenters. The molecule has 3 amide bonds. The van der Waals surface area contributed by atoms with E-state index < -0.39 is 17.7 Å². The lowest BCUT2D eigenvalue weighted by Gasteiger charge is -2.26. The zero-order valence-corrected chi connectivity index (χ0v) is 14.6. The molecule has 2 heterocycles. The molecule has 1 aliphatic rings. The molecular weight excluding hydrogens is 344 g/mol. The van der Waals surface area contributed by atoms with E-state index in [1.807, 2.05) is 25.1 Å². The standard InChI is InChI=1S/C21H16N2O4/c1-14-6-4-7-15(12-14)22(21(26)18-10-5-11-27-18)13-23-19(24)16-8-2-3-9-17(16)20(23)25/h2-12H,13H2,1H3. The highest BCUT2D eigenvalue weighted by Gasteiger charge is 2.37. The van der Waals surface area contributed by atoms with Crippen molar-refractivity contribution in [2.24, 2.45) is 0 Å². The van der Waals surface area contributed by atoms with Crippen LogP contribution in [0.3, 0.4) is 0 Å². The zero-order chi connectivity index (χ0) is 19.0. The van der Waals surface area contributed by atoms with Gasteiger partial charge in [-0.1, -0.05) is 24.3 Å². The number of amides is 3. The summed E-state index contributed by atoms with van der Waals surface area (Å²) in [7, 11) is 0. The van der Waals surface area contributed by atoms with Gasteiger partial charge in [-0.25, -0.2) is 0 Å². The Labute approximate surface area is 155 Å². The molecule has 4 rings (SSSR count). The topological polar surface area (TPSA) is 70.8 Å². The minimum atomic E-state index is -0.429. The van der Waals surface area contributed by atoms with Crippen LogP contribution in [0.1, 0.15) is 36.8 Å². The second kappa shape index (κ2) is 6.57. The quantitative estimate of drug-likeness (QED) is 0.668. The van der Waals surface area contributed by atoms with Crippen LogP contribution in [0.15, 0.2) is 71.3 Å². The summed E-state index contributed by atoms with van der Waals surface area (Å²) in [4.78, 5) is 40.8. The van der Waals surface area contributed by atoms with Crippen molar-refractivity contribution >= 4 is 23.4 Å². The summed E-state index contributed by atoms with van der Waals surface area (Å²) in [5.74, 6) is -1.13. The Bertz CT molecular complexity index is 1000. The van der Waals surface area contributed by atoms with Gasteiger partial charge in [-0.2, -0.15) is 0 Å². The van der Waals surface area contributed by atoms with Gasteiger partial charge < -0.3 is 4.42 Å². The number of furan rings is 1. The molecule has 6 nitrogen and oxygen atoms in total. The van der Waals surface area contributed by atoms with Crippen LogP contribution in [0, 0.1) is 6.92 Å². The Kier molecular flexibility index (Phi) is 4.08. The molecule has 0 saturated heterocycles. The van der Waals surface area contributed by atoms with E-state index in [1.165, 1.54) is 11.2 Å². The number of fused-ring (bicyclic) bond motifs is 1. The fourth-order valence-electron chi connectivity index (χ4n) is 3.10. The number of nitrogens with zero attached hydrogens (tertiary/aromatic N) is 2. The third kappa shape index (κ3) is 2.91. The first-order valence-electron chi connectivity index (χ1n) is 8.43. The molecule has 0 spiro atoms. The Morgan fingerprint density at radius 1 is 0.963 bits per heavy atom. The molecule has 0 saturated carbocycles. The molecule has 0 aliphatic carbocycles. The van der Waals surface area contributed by atoms with Crippen molar-refractivity contribution in [3.63, 3.8) is 0 Å². The summed E-state index contributed by atoms with van der Waals surface area (Å²) < 4.78 is 5.23. The smallest absolute Gasteiger partial charge is 0.295 e. The molecule has 2 aromatic carbocycles. The molecule has 0 atom stereocenters. The van der Waals surface area contributed by atoms with Gasteiger partial charge in [-0.05, 0) is 48.9 Å². The highest BCUT2D eigenvalue weighted by atomic mass is 16.3. The molecule has 134 valence electrons. The fourth-order valence-corrected chi connectivity index (χ4v) is 3.10. The van der Waals surface area contributed by atoms with Gasteiger partial charge in [0.1, 0.15) is 6.67 Å². The van der Waals surface area contributed by atoms with E-state index in [-0.39, 0.29) is 12.4 Å². The zero-order valence-electron chi connectivity index (χ0n) is 14.6. The number of aryl methyl sites for hydroxylation is 1. The molecule has 0 N–H and O–H groups in total. The van der Waals surface area contributed by atoms with Crippen LogP contribution in [-0.4, -0.2) is 29.3 Å². The number of benzene rings is 2. The Balaban J connectivity index is 1.71. The van der Waals surface area contributed by atoms with Gasteiger partial charge in [-0.3, -0.25) is 24.2 Å². The molecule has 1 aliphatic heterocycles.